The van der Waals surface area contributed by atoms with Gasteiger partial charge in [0, 0.05) is 18.3 Å². The predicted octanol–water partition coefficient (Wildman–Crippen LogP) is 2.28. The lowest BCUT2D eigenvalue weighted by Crippen LogP contribution is -2.21. The van der Waals surface area contributed by atoms with Crippen molar-refractivity contribution in [3.8, 4) is 22.8 Å². The fourth-order valence-corrected chi connectivity index (χ4v) is 3.06. The van der Waals surface area contributed by atoms with Gasteiger partial charge in [0.1, 0.15) is 25.0 Å². The monoisotopic (exact) mass is 300 g/mol. The van der Waals surface area contributed by atoms with Crippen LogP contribution in [-0.2, 0) is 11.3 Å². The molecule has 1 atom stereocenters. The van der Waals surface area contributed by atoms with Crippen LogP contribution in [0.4, 0.5) is 0 Å². The number of fused-ring (bicyclic) bond motifs is 2. The van der Waals surface area contributed by atoms with Gasteiger partial charge < -0.3 is 19.1 Å². The third kappa shape index (κ3) is 2.11. The summed E-state index contributed by atoms with van der Waals surface area (Å²) in [6.07, 6.45) is 3.43. The largest absolute Gasteiger partial charge is 0.486 e. The quantitative estimate of drug-likeness (QED) is 0.921. The lowest BCUT2D eigenvalue weighted by molar-refractivity contribution is -0.139. The Labute approximate surface area is 127 Å². The summed E-state index contributed by atoms with van der Waals surface area (Å²) in [5.74, 6) is 0.774. The molecule has 3 heterocycles. The van der Waals surface area contributed by atoms with Gasteiger partial charge >= 0.3 is 5.97 Å². The van der Waals surface area contributed by atoms with Crippen molar-refractivity contribution in [1.82, 2.24) is 9.55 Å². The van der Waals surface area contributed by atoms with E-state index in [2.05, 4.69) is 4.98 Å². The van der Waals surface area contributed by atoms with Gasteiger partial charge in [0.2, 0.25) is 0 Å². The number of benzene rings is 1. The first-order chi connectivity index (χ1) is 10.7. The topological polar surface area (TPSA) is 73.6 Å². The number of ether oxygens (including phenoxy) is 2. The Morgan fingerprint density at radius 1 is 1.27 bits per heavy atom. The van der Waals surface area contributed by atoms with E-state index < -0.39 is 11.9 Å². The van der Waals surface area contributed by atoms with Crippen LogP contribution in [0.15, 0.2) is 24.4 Å². The fraction of sp³-hybridized carbons (Fsp3) is 0.375. The number of aryl methyl sites for hydroxylation is 1. The van der Waals surface area contributed by atoms with E-state index in [4.69, 9.17) is 9.47 Å². The Balaban J connectivity index is 1.73. The van der Waals surface area contributed by atoms with Crippen LogP contribution < -0.4 is 9.47 Å². The highest BCUT2D eigenvalue weighted by molar-refractivity contribution is 5.75. The van der Waals surface area contributed by atoms with Crippen LogP contribution in [0.2, 0.25) is 0 Å². The summed E-state index contributed by atoms with van der Waals surface area (Å²) in [4.78, 5) is 15.9. The molecular formula is C16H16N2O4. The number of aliphatic carboxylic acids is 1. The number of imidazole rings is 1. The van der Waals surface area contributed by atoms with Crippen molar-refractivity contribution in [2.45, 2.75) is 25.3 Å². The van der Waals surface area contributed by atoms with Gasteiger partial charge in [-0.1, -0.05) is 0 Å². The molecule has 6 heteroatoms. The lowest BCUT2D eigenvalue weighted by Gasteiger charge is -2.19. The average molecular weight is 300 g/mol. The second-order valence-electron chi connectivity index (χ2n) is 5.57. The van der Waals surface area contributed by atoms with Gasteiger partial charge in [-0.2, -0.15) is 0 Å². The number of carboxylic acid groups (broad SMARTS) is 1. The zero-order valence-electron chi connectivity index (χ0n) is 12.0. The molecule has 22 heavy (non-hydrogen) atoms. The Morgan fingerprint density at radius 3 is 2.91 bits per heavy atom. The van der Waals surface area contributed by atoms with Crippen LogP contribution in [-0.4, -0.2) is 33.8 Å². The summed E-state index contributed by atoms with van der Waals surface area (Å²) >= 11 is 0. The van der Waals surface area contributed by atoms with E-state index in [9.17, 15) is 9.90 Å². The van der Waals surface area contributed by atoms with Gasteiger partial charge in [0.25, 0.3) is 0 Å². The van der Waals surface area contributed by atoms with Crippen molar-refractivity contribution < 1.29 is 19.4 Å². The summed E-state index contributed by atoms with van der Waals surface area (Å²) < 4.78 is 13.1. The van der Waals surface area contributed by atoms with Gasteiger partial charge in [-0.05, 0) is 31.0 Å². The highest BCUT2D eigenvalue weighted by Crippen LogP contribution is 2.35. The van der Waals surface area contributed by atoms with Crippen molar-refractivity contribution in [2.75, 3.05) is 13.2 Å². The highest BCUT2D eigenvalue weighted by Gasteiger charge is 2.29. The number of hydrogen-bond donors (Lipinski definition) is 1. The molecule has 114 valence electrons. The van der Waals surface area contributed by atoms with Crippen molar-refractivity contribution in [1.29, 1.82) is 0 Å². The molecule has 2 aromatic rings. The molecule has 1 N–H and O–H groups in total. The van der Waals surface area contributed by atoms with Crippen LogP contribution in [0.1, 0.15) is 24.6 Å². The van der Waals surface area contributed by atoms with Gasteiger partial charge in [-0.15, -0.1) is 0 Å². The van der Waals surface area contributed by atoms with E-state index >= 15 is 0 Å². The van der Waals surface area contributed by atoms with Gasteiger partial charge in [0.15, 0.2) is 11.5 Å². The second-order valence-corrected chi connectivity index (χ2v) is 5.57. The Kier molecular flexibility index (Phi) is 3.03. The molecule has 0 fully saturated rings. The zero-order chi connectivity index (χ0) is 15.1. The van der Waals surface area contributed by atoms with Gasteiger partial charge in [0.05, 0.1) is 5.69 Å². The van der Waals surface area contributed by atoms with E-state index in [0.717, 1.165) is 30.0 Å². The maximum Gasteiger partial charge on any atom is 0.314 e. The molecule has 6 nitrogen and oxygen atoms in total. The number of carboxylic acids is 1. The standard InChI is InChI=1S/C16H16N2O4/c19-16(20)11-2-1-5-18-9-12(17-15(11)18)10-3-4-13-14(8-10)22-7-6-21-13/h3-4,8-9,11H,1-2,5-7H2,(H,19,20). The van der Waals surface area contributed by atoms with Crippen LogP contribution >= 0.6 is 0 Å². The maximum absolute atomic E-state index is 11.4. The number of hydrogen-bond acceptors (Lipinski definition) is 4. The highest BCUT2D eigenvalue weighted by atomic mass is 16.6. The molecule has 4 rings (SSSR count). The first-order valence-electron chi connectivity index (χ1n) is 7.42. The van der Waals surface area contributed by atoms with Gasteiger partial charge in [-0.25, -0.2) is 4.98 Å². The molecule has 1 aromatic heterocycles. The lowest BCUT2D eigenvalue weighted by atomic mass is 9.99. The van der Waals surface area contributed by atoms with Crippen molar-refractivity contribution in [3.63, 3.8) is 0 Å². The zero-order valence-corrected chi connectivity index (χ0v) is 12.0. The van der Waals surface area contributed by atoms with E-state index in [1.807, 2.05) is 29.0 Å². The third-order valence-electron chi connectivity index (χ3n) is 4.15. The number of rotatable bonds is 2. The number of carbonyl (C=O) groups is 1. The smallest absolute Gasteiger partial charge is 0.314 e. The van der Waals surface area contributed by atoms with Crippen molar-refractivity contribution in [3.05, 3.63) is 30.2 Å². The first kappa shape index (κ1) is 13.2. The Morgan fingerprint density at radius 2 is 2.09 bits per heavy atom. The van der Waals surface area contributed by atoms with E-state index in [-0.39, 0.29) is 0 Å². The summed E-state index contributed by atoms with van der Waals surface area (Å²) in [5.41, 5.74) is 1.69. The SMILES string of the molecule is O=C(O)C1CCCn2cc(-c3ccc4c(c3)OCCO4)nc21. The van der Waals surface area contributed by atoms with Crippen molar-refractivity contribution in [2.24, 2.45) is 0 Å². The van der Waals surface area contributed by atoms with E-state index in [0.29, 0.717) is 31.2 Å². The molecule has 0 saturated carbocycles. The minimum Gasteiger partial charge on any atom is -0.486 e. The van der Waals surface area contributed by atoms with E-state index in [1.54, 1.807) is 0 Å². The fourth-order valence-electron chi connectivity index (χ4n) is 3.06. The molecule has 1 unspecified atom stereocenters. The molecule has 2 aliphatic rings. The molecule has 0 aliphatic carbocycles. The Hall–Kier alpha value is -2.50. The molecule has 0 radical (unpaired) electrons. The Bertz CT molecular complexity index is 738. The normalized spacial score (nSPS) is 19.5. The summed E-state index contributed by atoms with van der Waals surface area (Å²) in [5, 5.41) is 9.33. The molecule has 1 aromatic carbocycles. The van der Waals surface area contributed by atoms with E-state index in [1.165, 1.54) is 0 Å². The van der Waals surface area contributed by atoms with Crippen LogP contribution in [0.25, 0.3) is 11.3 Å². The third-order valence-corrected chi connectivity index (χ3v) is 4.15. The molecule has 0 spiro atoms. The van der Waals surface area contributed by atoms with Crippen LogP contribution in [0, 0.1) is 0 Å². The van der Waals surface area contributed by atoms with Crippen molar-refractivity contribution >= 4 is 5.97 Å². The predicted molar refractivity (Wildman–Crippen MR) is 78.3 cm³/mol. The first-order valence-corrected chi connectivity index (χ1v) is 7.42. The minimum atomic E-state index is -0.805. The summed E-state index contributed by atoms with van der Waals surface area (Å²) in [7, 11) is 0. The summed E-state index contributed by atoms with van der Waals surface area (Å²) in [6, 6.07) is 5.70. The molecule has 0 amide bonds. The average Bonchev–Trinajstić information content (AvgIpc) is 2.98. The second kappa shape index (κ2) is 5.05. The molecular weight excluding hydrogens is 284 g/mol. The van der Waals surface area contributed by atoms with Crippen LogP contribution in [0.5, 0.6) is 11.5 Å². The number of aromatic nitrogens is 2. The molecule has 0 bridgehead atoms. The molecule has 2 aliphatic heterocycles. The number of nitrogens with zero attached hydrogens (tertiary/aromatic N) is 2. The van der Waals surface area contributed by atoms with Crippen LogP contribution in [0.3, 0.4) is 0 Å². The minimum absolute atomic E-state index is 0.514. The molecule has 0 saturated heterocycles. The maximum atomic E-state index is 11.4. The van der Waals surface area contributed by atoms with Gasteiger partial charge in [-0.3, -0.25) is 4.79 Å². The summed E-state index contributed by atoms with van der Waals surface area (Å²) in [6.45, 7) is 1.92.